The Hall–Kier alpha value is -1.26. The maximum atomic E-state index is 11.6. The molecular formula is C11H21N3O2. The molecule has 0 aromatic carbocycles. The molecule has 5 nitrogen and oxygen atoms in total. The van der Waals surface area contributed by atoms with Gasteiger partial charge in [0.1, 0.15) is 5.54 Å². The van der Waals surface area contributed by atoms with Crippen LogP contribution in [0.3, 0.4) is 0 Å². The molecule has 0 saturated carbocycles. The van der Waals surface area contributed by atoms with Gasteiger partial charge in [0.25, 0.3) is 0 Å². The van der Waals surface area contributed by atoms with Crippen LogP contribution in [0.15, 0.2) is 0 Å². The van der Waals surface area contributed by atoms with Crippen molar-refractivity contribution in [2.75, 3.05) is 6.54 Å². The highest BCUT2D eigenvalue weighted by Gasteiger charge is 2.47. The lowest BCUT2D eigenvalue weighted by atomic mass is 9.88. The largest absolute Gasteiger partial charge is 0.368 e. The van der Waals surface area contributed by atoms with E-state index in [0.717, 1.165) is 25.7 Å². The monoisotopic (exact) mass is 227 g/mol. The van der Waals surface area contributed by atoms with Crippen LogP contribution in [0.4, 0.5) is 4.79 Å². The molecule has 1 unspecified atom stereocenters. The van der Waals surface area contributed by atoms with Gasteiger partial charge in [-0.15, -0.1) is 0 Å². The quantitative estimate of drug-likeness (QED) is 0.685. The predicted molar refractivity (Wildman–Crippen MR) is 61.6 cm³/mol. The average Bonchev–Trinajstić information content (AvgIpc) is 2.63. The Labute approximate surface area is 96.1 Å². The molecule has 1 aliphatic heterocycles. The summed E-state index contributed by atoms with van der Waals surface area (Å²) >= 11 is 0. The number of primary amides is 2. The van der Waals surface area contributed by atoms with E-state index in [2.05, 4.69) is 6.92 Å². The summed E-state index contributed by atoms with van der Waals surface area (Å²) < 4.78 is 0. The van der Waals surface area contributed by atoms with Crippen LogP contribution in [0.1, 0.15) is 45.4 Å². The second-order valence-corrected chi connectivity index (χ2v) is 4.45. The number of amides is 3. The average molecular weight is 227 g/mol. The van der Waals surface area contributed by atoms with E-state index in [4.69, 9.17) is 11.5 Å². The number of nitrogens with zero attached hydrogens (tertiary/aromatic N) is 1. The summed E-state index contributed by atoms with van der Waals surface area (Å²) in [6, 6.07) is -0.534. The molecule has 1 rings (SSSR count). The molecule has 4 N–H and O–H groups in total. The molecule has 1 aliphatic rings. The molecule has 0 aliphatic carbocycles. The van der Waals surface area contributed by atoms with Crippen LogP contribution >= 0.6 is 0 Å². The second kappa shape index (κ2) is 5.18. The molecule has 16 heavy (non-hydrogen) atoms. The molecule has 0 bridgehead atoms. The van der Waals surface area contributed by atoms with E-state index >= 15 is 0 Å². The van der Waals surface area contributed by atoms with Gasteiger partial charge in [-0.1, -0.05) is 26.2 Å². The van der Waals surface area contributed by atoms with Gasteiger partial charge in [-0.2, -0.15) is 0 Å². The molecule has 92 valence electrons. The molecular weight excluding hydrogens is 206 g/mol. The summed E-state index contributed by atoms with van der Waals surface area (Å²) in [5.74, 6) is -0.417. The van der Waals surface area contributed by atoms with E-state index in [9.17, 15) is 9.59 Å². The zero-order valence-corrected chi connectivity index (χ0v) is 9.87. The molecule has 0 aromatic rings. The number of hydrogen-bond donors (Lipinski definition) is 2. The number of urea groups is 1. The van der Waals surface area contributed by atoms with Crippen LogP contribution in [-0.4, -0.2) is 28.9 Å². The lowest BCUT2D eigenvalue weighted by molar-refractivity contribution is -0.127. The van der Waals surface area contributed by atoms with Gasteiger partial charge in [0.2, 0.25) is 5.91 Å². The zero-order chi connectivity index (χ0) is 12.2. The SMILES string of the molecule is CCCCCC1(C(N)=O)CCCN1C(N)=O. The molecule has 1 saturated heterocycles. The lowest BCUT2D eigenvalue weighted by Gasteiger charge is -2.34. The Morgan fingerprint density at radius 1 is 1.31 bits per heavy atom. The number of likely N-dealkylation sites (tertiary alicyclic amines) is 1. The van der Waals surface area contributed by atoms with E-state index in [-0.39, 0.29) is 0 Å². The highest BCUT2D eigenvalue weighted by molar-refractivity contribution is 5.90. The first-order valence-electron chi connectivity index (χ1n) is 5.91. The number of rotatable bonds is 5. The van der Waals surface area contributed by atoms with Crippen molar-refractivity contribution in [2.24, 2.45) is 11.5 Å². The van der Waals surface area contributed by atoms with Crippen LogP contribution < -0.4 is 11.5 Å². The van der Waals surface area contributed by atoms with Gasteiger partial charge in [0.15, 0.2) is 0 Å². The number of hydrogen-bond acceptors (Lipinski definition) is 2. The Bertz CT molecular complexity index is 280. The van der Waals surface area contributed by atoms with E-state index in [1.54, 1.807) is 0 Å². The summed E-state index contributed by atoms with van der Waals surface area (Å²) in [6.07, 6.45) is 5.11. The lowest BCUT2D eigenvalue weighted by Crippen LogP contribution is -2.57. The van der Waals surface area contributed by atoms with Gasteiger partial charge >= 0.3 is 6.03 Å². The van der Waals surface area contributed by atoms with E-state index in [0.29, 0.717) is 19.4 Å². The molecule has 0 aromatic heterocycles. The summed E-state index contributed by atoms with van der Waals surface area (Å²) in [6.45, 7) is 2.64. The highest BCUT2D eigenvalue weighted by atomic mass is 16.2. The van der Waals surface area contributed by atoms with Crippen LogP contribution in [-0.2, 0) is 4.79 Å². The molecule has 1 atom stereocenters. The van der Waals surface area contributed by atoms with Crippen molar-refractivity contribution in [3.05, 3.63) is 0 Å². The van der Waals surface area contributed by atoms with Crippen molar-refractivity contribution in [3.8, 4) is 0 Å². The summed E-state index contributed by atoms with van der Waals surface area (Å²) in [5.41, 5.74) is 9.93. The minimum absolute atomic E-state index is 0.417. The molecule has 0 radical (unpaired) electrons. The standard InChI is InChI=1S/C11H21N3O2/c1-2-3-4-6-11(9(12)15)7-5-8-14(11)10(13)16/h2-8H2,1H3,(H2,12,15)(H2,13,16). The maximum Gasteiger partial charge on any atom is 0.315 e. The van der Waals surface area contributed by atoms with E-state index in [1.807, 2.05) is 0 Å². The van der Waals surface area contributed by atoms with Crippen LogP contribution in [0, 0.1) is 0 Å². The van der Waals surface area contributed by atoms with Crippen molar-refractivity contribution >= 4 is 11.9 Å². The van der Waals surface area contributed by atoms with Crippen LogP contribution in [0.5, 0.6) is 0 Å². The smallest absolute Gasteiger partial charge is 0.315 e. The van der Waals surface area contributed by atoms with Crippen molar-refractivity contribution in [1.29, 1.82) is 0 Å². The minimum atomic E-state index is -0.818. The van der Waals surface area contributed by atoms with Gasteiger partial charge < -0.3 is 16.4 Å². The number of nitrogens with two attached hydrogens (primary N) is 2. The van der Waals surface area contributed by atoms with Gasteiger partial charge in [-0.3, -0.25) is 4.79 Å². The van der Waals surface area contributed by atoms with Crippen molar-refractivity contribution in [1.82, 2.24) is 4.90 Å². The van der Waals surface area contributed by atoms with Crippen molar-refractivity contribution in [2.45, 2.75) is 51.0 Å². The predicted octanol–water partition coefficient (Wildman–Crippen LogP) is 0.965. The van der Waals surface area contributed by atoms with Gasteiger partial charge in [-0.25, -0.2) is 4.79 Å². The topological polar surface area (TPSA) is 89.4 Å². The van der Waals surface area contributed by atoms with Crippen LogP contribution in [0.25, 0.3) is 0 Å². The fourth-order valence-corrected chi connectivity index (χ4v) is 2.51. The summed E-state index contributed by atoms with van der Waals surface area (Å²) in [7, 11) is 0. The minimum Gasteiger partial charge on any atom is -0.368 e. The first-order valence-corrected chi connectivity index (χ1v) is 5.91. The third-order valence-electron chi connectivity index (χ3n) is 3.41. The van der Waals surface area contributed by atoms with E-state index < -0.39 is 17.5 Å². The molecule has 1 fully saturated rings. The summed E-state index contributed by atoms with van der Waals surface area (Å²) in [4.78, 5) is 24.3. The number of carbonyl (C=O) groups excluding carboxylic acids is 2. The summed E-state index contributed by atoms with van der Waals surface area (Å²) in [5, 5.41) is 0. The fourth-order valence-electron chi connectivity index (χ4n) is 2.51. The zero-order valence-electron chi connectivity index (χ0n) is 9.87. The molecule has 0 spiro atoms. The highest BCUT2D eigenvalue weighted by Crippen LogP contribution is 2.33. The van der Waals surface area contributed by atoms with Gasteiger partial charge in [-0.05, 0) is 19.3 Å². The van der Waals surface area contributed by atoms with E-state index in [1.165, 1.54) is 4.90 Å². The fraction of sp³-hybridized carbons (Fsp3) is 0.818. The Morgan fingerprint density at radius 2 is 2.00 bits per heavy atom. The van der Waals surface area contributed by atoms with Gasteiger partial charge in [0.05, 0.1) is 0 Å². The third-order valence-corrected chi connectivity index (χ3v) is 3.41. The molecule has 3 amide bonds. The van der Waals surface area contributed by atoms with Crippen LogP contribution in [0.2, 0.25) is 0 Å². The third kappa shape index (κ3) is 2.28. The normalized spacial score (nSPS) is 24.7. The Morgan fingerprint density at radius 3 is 2.50 bits per heavy atom. The maximum absolute atomic E-state index is 11.6. The van der Waals surface area contributed by atoms with Crippen molar-refractivity contribution in [3.63, 3.8) is 0 Å². The first kappa shape index (κ1) is 12.8. The Kier molecular flexibility index (Phi) is 4.15. The molecule has 1 heterocycles. The molecule has 5 heteroatoms. The van der Waals surface area contributed by atoms with Gasteiger partial charge in [0, 0.05) is 6.54 Å². The van der Waals surface area contributed by atoms with Crippen molar-refractivity contribution < 1.29 is 9.59 Å². The number of carbonyl (C=O) groups is 2. The second-order valence-electron chi connectivity index (χ2n) is 4.45. The number of unbranched alkanes of at least 4 members (excludes halogenated alkanes) is 2. The Balaban J connectivity index is 2.78. The first-order chi connectivity index (χ1) is 7.54.